The molecular weight excluding hydrogens is 228 g/mol. The van der Waals surface area contributed by atoms with E-state index >= 15 is 0 Å². The number of nitrogens with zero attached hydrogens (tertiary/aromatic N) is 1. The normalized spacial score (nSPS) is 10.5. The van der Waals surface area contributed by atoms with E-state index in [-0.39, 0.29) is 0 Å². The molecule has 18 heavy (non-hydrogen) atoms. The molecule has 0 saturated carbocycles. The Morgan fingerprint density at radius 1 is 1.28 bits per heavy atom. The molecule has 0 unspecified atom stereocenters. The van der Waals surface area contributed by atoms with E-state index in [0.717, 1.165) is 30.8 Å². The van der Waals surface area contributed by atoms with Crippen LogP contribution in [0.4, 0.5) is 0 Å². The lowest BCUT2D eigenvalue weighted by molar-refractivity contribution is 0.305. The number of rotatable bonds is 7. The van der Waals surface area contributed by atoms with Gasteiger partial charge in [-0.15, -0.1) is 0 Å². The molecule has 0 fully saturated rings. The number of nitrogens with one attached hydrogen (secondary N) is 1. The van der Waals surface area contributed by atoms with Crippen molar-refractivity contribution in [2.75, 3.05) is 6.61 Å². The Morgan fingerprint density at radius 3 is 2.89 bits per heavy atom. The number of aromatic nitrogens is 1. The zero-order chi connectivity index (χ0) is 12.6. The summed E-state index contributed by atoms with van der Waals surface area (Å²) < 4.78 is 10.7. The molecule has 4 heteroatoms. The molecule has 0 radical (unpaired) electrons. The molecule has 0 spiro atoms. The van der Waals surface area contributed by atoms with Crippen LogP contribution in [-0.2, 0) is 13.1 Å². The van der Waals surface area contributed by atoms with Crippen LogP contribution < -0.4 is 10.1 Å². The Bertz CT molecular complexity index is 437. The molecule has 0 aliphatic carbocycles. The minimum absolute atomic E-state index is 0.687. The van der Waals surface area contributed by atoms with Gasteiger partial charge in [0.15, 0.2) is 0 Å². The van der Waals surface area contributed by atoms with E-state index in [4.69, 9.17) is 9.15 Å². The number of pyridine rings is 1. The van der Waals surface area contributed by atoms with Crippen molar-refractivity contribution in [3.63, 3.8) is 0 Å². The summed E-state index contributed by atoms with van der Waals surface area (Å²) in [5, 5.41) is 3.29. The minimum Gasteiger partial charge on any atom is -0.478 e. The molecular formula is C14H18N2O2. The van der Waals surface area contributed by atoms with E-state index in [1.807, 2.05) is 30.5 Å². The van der Waals surface area contributed by atoms with E-state index in [9.17, 15) is 0 Å². The monoisotopic (exact) mass is 246 g/mol. The molecule has 0 amide bonds. The second-order valence-corrected chi connectivity index (χ2v) is 4.04. The maximum absolute atomic E-state index is 5.43. The van der Waals surface area contributed by atoms with Crippen LogP contribution in [0.5, 0.6) is 5.88 Å². The molecule has 1 N–H and O–H groups in total. The molecule has 0 aliphatic heterocycles. The quantitative estimate of drug-likeness (QED) is 0.816. The van der Waals surface area contributed by atoms with Gasteiger partial charge in [0, 0.05) is 18.8 Å². The average Bonchev–Trinajstić information content (AvgIpc) is 2.91. The number of hydrogen-bond donors (Lipinski definition) is 1. The first-order valence-electron chi connectivity index (χ1n) is 6.19. The highest BCUT2D eigenvalue weighted by molar-refractivity contribution is 5.17. The largest absolute Gasteiger partial charge is 0.478 e. The third-order valence-corrected chi connectivity index (χ3v) is 2.46. The highest BCUT2D eigenvalue weighted by atomic mass is 16.5. The van der Waals surface area contributed by atoms with Gasteiger partial charge in [0.1, 0.15) is 5.76 Å². The van der Waals surface area contributed by atoms with Crippen LogP contribution in [0.2, 0.25) is 0 Å². The van der Waals surface area contributed by atoms with Gasteiger partial charge in [-0.3, -0.25) is 0 Å². The number of ether oxygens (including phenoxy) is 1. The maximum atomic E-state index is 5.43. The summed E-state index contributed by atoms with van der Waals surface area (Å²) in [6.45, 7) is 4.28. The fourth-order valence-electron chi connectivity index (χ4n) is 1.55. The zero-order valence-corrected chi connectivity index (χ0v) is 10.6. The number of furan rings is 1. The summed E-state index contributed by atoms with van der Waals surface area (Å²) in [7, 11) is 0. The van der Waals surface area contributed by atoms with Crippen LogP contribution in [-0.4, -0.2) is 11.6 Å². The van der Waals surface area contributed by atoms with Crippen molar-refractivity contribution in [1.82, 2.24) is 10.3 Å². The summed E-state index contributed by atoms with van der Waals surface area (Å²) in [6, 6.07) is 7.76. The van der Waals surface area contributed by atoms with E-state index < -0.39 is 0 Å². The van der Waals surface area contributed by atoms with Gasteiger partial charge in [0.05, 0.1) is 19.4 Å². The SMILES string of the molecule is CCCOc1ccc(CNCc2ccco2)cn1. The van der Waals surface area contributed by atoms with Crippen molar-refractivity contribution in [3.8, 4) is 5.88 Å². The molecule has 2 aromatic heterocycles. The Labute approximate surface area is 107 Å². The van der Waals surface area contributed by atoms with Gasteiger partial charge in [-0.1, -0.05) is 13.0 Å². The van der Waals surface area contributed by atoms with Crippen LogP contribution in [0.1, 0.15) is 24.7 Å². The molecule has 0 aliphatic rings. The van der Waals surface area contributed by atoms with Crippen LogP contribution in [0.3, 0.4) is 0 Å². The summed E-state index contributed by atoms with van der Waals surface area (Å²) in [6.07, 6.45) is 4.51. The van der Waals surface area contributed by atoms with Gasteiger partial charge in [0.25, 0.3) is 0 Å². The maximum Gasteiger partial charge on any atom is 0.213 e. The Hall–Kier alpha value is -1.81. The van der Waals surface area contributed by atoms with Crippen molar-refractivity contribution in [3.05, 3.63) is 48.0 Å². The van der Waals surface area contributed by atoms with Crippen molar-refractivity contribution < 1.29 is 9.15 Å². The molecule has 4 nitrogen and oxygen atoms in total. The fourth-order valence-corrected chi connectivity index (χ4v) is 1.55. The van der Waals surface area contributed by atoms with Gasteiger partial charge in [-0.05, 0) is 24.1 Å². The Balaban J connectivity index is 1.75. The summed E-state index contributed by atoms with van der Waals surface area (Å²) in [5.74, 6) is 1.62. The molecule has 2 aromatic rings. The first kappa shape index (κ1) is 12.6. The van der Waals surface area contributed by atoms with Crippen molar-refractivity contribution in [2.24, 2.45) is 0 Å². The smallest absolute Gasteiger partial charge is 0.213 e. The van der Waals surface area contributed by atoms with Gasteiger partial charge >= 0.3 is 0 Å². The molecule has 0 aromatic carbocycles. The summed E-state index contributed by atoms with van der Waals surface area (Å²) >= 11 is 0. The minimum atomic E-state index is 0.687. The summed E-state index contributed by atoms with van der Waals surface area (Å²) in [4.78, 5) is 4.25. The van der Waals surface area contributed by atoms with E-state index in [0.29, 0.717) is 12.5 Å². The lowest BCUT2D eigenvalue weighted by Gasteiger charge is -2.05. The first-order valence-corrected chi connectivity index (χ1v) is 6.19. The van der Waals surface area contributed by atoms with Gasteiger partial charge < -0.3 is 14.5 Å². The van der Waals surface area contributed by atoms with Crippen LogP contribution in [0.25, 0.3) is 0 Å². The lowest BCUT2D eigenvalue weighted by Crippen LogP contribution is -2.12. The van der Waals surface area contributed by atoms with Gasteiger partial charge in [-0.2, -0.15) is 0 Å². The zero-order valence-electron chi connectivity index (χ0n) is 10.6. The second-order valence-electron chi connectivity index (χ2n) is 4.04. The average molecular weight is 246 g/mol. The van der Waals surface area contributed by atoms with Crippen LogP contribution in [0, 0.1) is 0 Å². The Kier molecular flexibility index (Phi) is 4.78. The molecule has 0 bridgehead atoms. The third-order valence-electron chi connectivity index (χ3n) is 2.46. The van der Waals surface area contributed by atoms with E-state index in [1.54, 1.807) is 6.26 Å². The van der Waals surface area contributed by atoms with E-state index in [1.165, 1.54) is 0 Å². The van der Waals surface area contributed by atoms with Crippen LogP contribution >= 0.6 is 0 Å². The van der Waals surface area contributed by atoms with Crippen molar-refractivity contribution in [2.45, 2.75) is 26.4 Å². The van der Waals surface area contributed by atoms with E-state index in [2.05, 4.69) is 17.2 Å². The van der Waals surface area contributed by atoms with Crippen LogP contribution in [0.15, 0.2) is 41.1 Å². The lowest BCUT2D eigenvalue weighted by atomic mass is 10.3. The topological polar surface area (TPSA) is 47.3 Å². The molecule has 2 rings (SSSR count). The second kappa shape index (κ2) is 6.81. The Morgan fingerprint density at radius 2 is 2.22 bits per heavy atom. The van der Waals surface area contributed by atoms with Crippen molar-refractivity contribution in [1.29, 1.82) is 0 Å². The molecule has 0 atom stereocenters. The van der Waals surface area contributed by atoms with Crippen molar-refractivity contribution >= 4 is 0 Å². The highest BCUT2D eigenvalue weighted by Crippen LogP contribution is 2.08. The standard InChI is InChI=1S/C14H18N2O2/c1-2-7-18-14-6-5-12(10-16-14)9-15-11-13-4-3-8-17-13/h3-6,8,10,15H,2,7,9,11H2,1H3. The predicted molar refractivity (Wildman–Crippen MR) is 69.3 cm³/mol. The number of hydrogen-bond acceptors (Lipinski definition) is 4. The first-order chi connectivity index (χ1) is 8.88. The van der Waals surface area contributed by atoms with Gasteiger partial charge in [0.2, 0.25) is 5.88 Å². The molecule has 96 valence electrons. The fraction of sp³-hybridized carbons (Fsp3) is 0.357. The van der Waals surface area contributed by atoms with Gasteiger partial charge in [-0.25, -0.2) is 4.98 Å². The molecule has 0 saturated heterocycles. The molecule has 2 heterocycles. The predicted octanol–water partition coefficient (Wildman–Crippen LogP) is 2.75. The summed E-state index contributed by atoms with van der Waals surface area (Å²) in [5.41, 5.74) is 1.13. The third kappa shape index (κ3) is 3.89. The highest BCUT2D eigenvalue weighted by Gasteiger charge is 1.98.